The van der Waals surface area contributed by atoms with Crippen molar-refractivity contribution < 1.29 is 9.59 Å². The summed E-state index contributed by atoms with van der Waals surface area (Å²) in [6, 6.07) is 7.32. The van der Waals surface area contributed by atoms with Crippen LogP contribution in [0.5, 0.6) is 0 Å². The fourth-order valence-corrected chi connectivity index (χ4v) is 5.37. The van der Waals surface area contributed by atoms with E-state index in [1.807, 2.05) is 24.3 Å². The third kappa shape index (κ3) is 2.31. The Labute approximate surface area is 130 Å². The van der Waals surface area contributed by atoms with E-state index in [-0.39, 0.29) is 11.3 Å². The Bertz CT molecular complexity index is 558. The van der Waals surface area contributed by atoms with E-state index < -0.39 is 0 Å². The van der Waals surface area contributed by atoms with Crippen molar-refractivity contribution in [1.29, 1.82) is 0 Å². The molecule has 0 saturated heterocycles. The Balaban J connectivity index is 1.49. The topological polar surface area (TPSA) is 58.2 Å². The van der Waals surface area contributed by atoms with Crippen molar-refractivity contribution in [2.24, 2.45) is 23.2 Å². The third-order valence-electron chi connectivity index (χ3n) is 5.89. The molecule has 2 amide bonds. The van der Waals surface area contributed by atoms with Crippen LogP contribution in [-0.2, 0) is 9.59 Å². The van der Waals surface area contributed by atoms with Crippen molar-refractivity contribution in [2.45, 2.75) is 38.5 Å². The highest BCUT2D eigenvalue weighted by molar-refractivity contribution is 5.95. The van der Waals surface area contributed by atoms with Gasteiger partial charge in [-0.15, -0.1) is 0 Å². The van der Waals surface area contributed by atoms with Gasteiger partial charge in [0.05, 0.1) is 5.41 Å². The Morgan fingerprint density at radius 2 is 1.45 bits per heavy atom. The predicted octanol–water partition coefficient (Wildman–Crippen LogP) is 3.41. The van der Waals surface area contributed by atoms with Gasteiger partial charge in [-0.25, -0.2) is 0 Å². The van der Waals surface area contributed by atoms with E-state index in [2.05, 4.69) is 10.6 Å². The summed E-state index contributed by atoms with van der Waals surface area (Å²) in [6.45, 7) is 0. The number of carbonyl (C=O) groups excluding carboxylic acids is 2. The zero-order chi connectivity index (χ0) is 15.2. The van der Waals surface area contributed by atoms with Crippen molar-refractivity contribution in [3.63, 3.8) is 0 Å². The fraction of sp³-hybridized carbons (Fsp3) is 0.556. The fourth-order valence-electron chi connectivity index (χ4n) is 5.37. The number of anilines is 2. The van der Waals surface area contributed by atoms with Gasteiger partial charge in [0.15, 0.2) is 0 Å². The zero-order valence-electron chi connectivity index (χ0n) is 12.7. The van der Waals surface area contributed by atoms with Crippen molar-refractivity contribution in [3.8, 4) is 0 Å². The van der Waals surface area contributed by atoms with Crippen LogP contribution in [0.25, 0.3) is 0 Å². The molecular weight excluding hydrogens is 276 g/mol. The minimum atomic E-state index is -0.117. The first-order chi connectivity index (χ1) is 10.7. The van der Waals surface area contributed by atoms with Crippen LogP contribution in [0.4, 0.5) is 11.4 Å². The van der Waals surface area contributed by atoms with Crippen LogP contribution in [0.1, 0.15) is 38.5 Å². The summed E-state index contributed by atoms with van der Waals surface area (Å²) in [5.41, 5.74) is 1.44. The van der Waals surface area contributed by atoms with Gasteiger partial charge in [0, 0.05) is 11.4 Å². The van der Waals surface area contributed by atoms with Crippen LogP contribution < -0.4 is 10.6 Å². The molecule has 0 heterocycles. The first-order valence-corrected chi connectivity index (χ1v) is 8.28. The number of hydrogen-bond acceptors (Lipinski definition) is 2. The second-order valence-corrected chi connectivity index (χ2v) is 7.49. The number of hydrogen-bond donors (Lipinski definition) is 2. The Morgan fingerprint density at radius 1 is 0.955 bits per heavy atom. The van der Waals surface area contributed by atoms with Gasteiger partial charge in [0.1, 0.15) is 0 Å². The van der Waals surface area contributed by atoms with E-state index >= 15 is 0 Å². The lowest BCUT2D eigenvalue weighted by molar-refractivity contribution is -0.140. The summed E-state index contributed by atoms with van der Waals surface area (Å²) in [4.78, 5) is 23.3. The average molecular weight is 298 g/mol. The standard InChI is InChI=1S/C18H22N2O2/c21-11-19-15-1-3-16(4-2-15)20-17(22)18-8-12-5-13(9-18)7-14(6-12)10-18/h1-4,11-14H,5-10H2,(H,19,21)(H,20,22). The zero-order valence-corrected chi connectivity index (χ0v) is 12.7. The molecule has 4 aliphatic rings. The highest BCUT2D eigenvalue weighted by Gasteiger charge is 2.54. The Hall–Kier alpha value is -1.84. The molecule has 0 unspecified atom stereocenters. The van der Waals surface area contributed by atoms with Gasteiger partial charge < -0.3 is 10.6 Å². The number of benzene rings is 1. The molecule has 22 heavy (non-hydrogen) atoms. The smallest absolute Gasteiger partial charge is 0.230 e. The van der Waals surface area contributed by atoms with Gasteiger partial charge >= 0.3 is 0 Å². The average Bonchev–Trinajstić information content (AvgIpc) is 2.48. The minimum absolute atomic E-state index is 0.117. The molecule has 4 aliphatic carbocycles. The molecule has 2 N–H and O–H groups in total. The molecule has 0 aromatic heterocycles. The minimum Gasteiger partial charge on any atom is -0.329 e. The lowest BCUT2D eigenvalue weighted by Crippen LogP contribution is -2.51. The van der Waals surface area contributed by atoms with Gasteiger partial charge in [-0.2, -0.15) is 0 Å². The number of amides is 2. The summed E-state index contributed by atoms with van der Waals surface area (Å²) in [5, 5.41) is 5.72. The summed E-state index contributed by atoms with van der Waals surface area (Å²) < 4.78 is 0. The van der Waals surface area contributed by atoms with Crippen LogP contribution in [0.2, 0.25) is 0 Å². The normalized spacial score (nSPS) is 35.2. The van der Waals surface area contributed by atoms with Crippen LogP contribution in [0.15, 0.2) is 24.3 Å². The lowest BCUT2D eigenvalue weighted by Gasteiger charge is -2.55. The molecule has 0 radical (unpaired) electrons. The summed E-state index contributed by atoms with van der Waals surface area (Å²) in [6.07, 6.45) is 7.93. The van der Waals surface area contributed by atoms with E-state index in [0.717, 1.165) is 48.4 Å². The summed E-state index contributed by atoms with van der Waals surface area (Å²) in [7, 11) is 0. The maximum absolute atomic E-state index is 12.9. The first-order valence-electron chi connectivity index (χ1n) is 8.28. The Morgan fingerprint density at radius 3 is 1.95 bits per heavy atom. The maximum atomic E-state index is 12.9. The van der Waals surface area contributed by atoms with Crippen LogP contribution in [0.3, 0.4) is 0 Å². The molecule has 4 nitrogen and oxygen atoms in total. The molecule has 116 valence electrons. The maximum Gasteiger partial charge on any atom is 0.230 e. The third-order valence-corrected chi connectivity index (χ3v) is 5.89. The molecule has 4 bridgehead atoms. The number of rotatable bonds is 4. The molecule has 4 heteroatoms. The molecule has 0 atom stereocenters. The quantitative estimate of drug-likeness (QED) is 0.837. The van der Waals surface area contributed by atoms with Crippen molar-refractivity contribution >= 4 is 23.7 Å². The first kappa shape index (κ1) is 13.8. The highest BCUT2D eigenvalue weighted by atomic mass is 16.2. The second-order valence-electron chi connectivity index (χ2n) is 7.49. The SMILES string of the molecule is O=CNc1ccc(NC(=O)C23CC4CC(CC(C4)C2)C3)cc1. The van der Waals surface area contributed by atoms with Gasteiger partial charge in [-0.3, -0.25) is 9.59 Å². The van der Waals surface area contributed by atoms with Gasteiger partial charge in [-0.1, -0.05) is 0 Å². The van der Waals surface area contributed by atoms with E-state index in [0.29, 0.717) is 6.41 Å². The molecular formula is C18H22N2O2. The lowest BCUT2D eigenvalue weighted by atomic mass is 9.49. The molecule has 4 fully saturated rings. The van der Waals surface area contributed by atoms with Crippen molar-refractivity contribution in [3.05, 3.63) is 24.3 Å². The second kappa shape index (κ2) is 5.11. The number of carbonyl (C=O) groups is 2. The molecule has 0 spiro atoms. The van der Waals surface area contributed by atoms with E-state index in [4.69, 9.17) is 0 Å². The van der Waals surface area contributed by atoms with Gasteiger partial charge in [0.2, 0.25) is 12.3 Å². The molecule has 1 aromatic rings. The molecule has 1 aromatic carbocycles. The van der Waals surface area contributed by atoms with Crippen LogP contribution in [0, 0.1) is 23.2 Å². The van der Waals surface area contributed by atoms with Gasteiger partial charge in [-0.05, 0) is 80.5 Å². The van der Waals surface area contributed by atoms with E-state index in [1.54, 1.807) is 0 Å². The molecule has 0 aliphatic heterocycles. The monoisotopic (exact) mass is 298 g/mol. The van der Waals surface area contributed by atoms with Crippen molar-refractivity contribution in [2.75, 3.05) is 10.6 Å². The Kier molecular flexibility index (Phi) is 3.21. The summed E-state index contributed by atoms with van der Waals surface area (Å²) in [5.74, 6) is 2.53. The number of nitrogens with one attached hydrogen (secondary N) is 2. The van der Waals surface area contributed by atoms with Crippen molar-refractivity contribution in [1.82, 2.24) is 0 Å². The predicted molar refractivity (Wildman–Crippen MR) is 85.4 cm³/mol. The summed E-state index contributed by atoms with van der Waals surface area (Å²) >= 11 is 0. The molecule has 4 saturated carbocycles. The van der Waals surface area contributed by atoms with Crippen LogP contribution >= 0.6 is 0 Å². The van der Waals surface area contributed by atoms with Gasteiger partial charge in [0.25, 0.3) is 0 Å². The van der Waals surface area contributed by atoms with E-state index in [9.17, 15) is 9.59 Å². The molecule has 5 rings (SSSR count). The highest BCUT2D eigenvalue weighted by Crippen LogP contribution is 2.60. The van der Waals surface area contributed by atoms with E-state index in [1.165, 1.54) is 19.3 Å². The van der Waals surface area contributed by atoms with Crippen LogP contribution in [-0.4, -0.2) is 12.3 Å². The largest absolute Gasteiger partial charge is 0.329 e.